The molecule has 0 aliphatic heterocycles. The monoisotopic (exact) mass is 311 g/mol. The third-order valence-corrected chi connectivity index (χ3v) is 7.23. The number of hydrogen-bond donors (Lipinski definition) is 3. The van der Waals surface area contributed by atoms with Gasteiger partial charge in [0.1, 0.15) is 0 Å². The van der Waals surface area contributed by atoms with Gasteiger partial charge in [0.25, 0.3) is 0 Å². The molecule has 17 heavy (non-hydrogen) atoms. The van der Waals surface area contributed by atoms with E-state index in [0.717, 1.165) is 4.49 Å². The largest absolute Gasteiger partial charge is 0.413 e. The summed E-state index contributed by atoms with van der Waals surface area (Å²) in [4.78, 5) is 16.9. The van der Waals surface area contributed by atoms with Gasteiger partial charge in [0.15, 0.2) is 5.49 Å². The first kappa shape index (κ1) is 17.2. The van der Waals surface area contributed by atoms with Gasteiger partial charge in [-0.1, -0.05) is 0 Å². The summed E-state index contributed by atoms with van der Waals surface area (Å²) >= 11 is 0. The number of hydrogen-bond acceptors (Lipinski definition) is 6. The molecule has 0 unspecified atom stereocenters. The predicted octanol–water partition coefficient (Wildman–Crippen LogP) is 0.222. The molecule has 0 radical (unpaired) electrons. The molecule has 0 amide bonds. The van der Waals surface area contributed by atoms with Crippen LogP contribution >= 0.6 is 15.3 Å². The van der Waals surface area contributed by atoms with Crippen molar-refractivity contribution in [3.63, 3.8) is 0 Å². The molecule has 0 saturated heterocycles. The van der Waals surface area contributed by atoms with Crippen molar-refractivity contribution in [2.24, 2.45) is 0 Å². The molecular formula is C5H15NO8P2S. The molecule has 0 aliphatic rings. The Morgan fingerprint density at radius 3 is 1.82 bits per heavy atom. The second kappa shape index (κ2) is 6.40. The molecular weight excluding hydrogens is 296 g/mol. The maximum Gasteiger partial charge on any atom is 0.413 e. The van der Waals surface area contributed by atoms with Crippen LogP contribution in [0.2, 0.25) is 0 Å². The van der Waals surface area contributed by atoms with Gasteiger partial charge < -0.3 is 18.8 Å². The van der Waals surface area contributed by atoms with Crippen LogP contribution in [0, 0.1) is 0 Å². The summed E-state index contributed by atoms with van der Waals surface area (Å²) in [5.74, 6) is 0. The summed E-state index contributed by atoms with van der Waals surface area (Å²) in [6.07, 6.45) is 0. The summed E-state index contributed by atoms with van der Waals surface area (Å²) in [5, 5.41) is 0. The SMILES string of the molecule is CCOP(=O)(CS(=O)(=O)NP(=O)(O)O)OCC. The summed E-state index contributed by atoms with van der Waals surface area (Å²) in [6.45, 7) is 2.86. The lowest BCUT2D eigenvalue weighted by Crippen LogP contribution is -2.24. The van der Waals surface area contributed by atoms with E-state index < -0.39 is 30.9 Å². The minimum atomic E-state index is -4.98. The van der Waals surface area contributed by atoms with Crippen LogP contribution in [0.1, 0.15) is 13.8 Å². The summed E-state index contributed by atoms with van der Waals surface area (Å²) < 4.78 is 55.3. The van der Waals surface area contributed by atoms with E-state index in [1.54, 1.807) is 0 Å². The Morgan fingerprint density at radius 1 is 1.12 bits per heavy atom. The van der Waals surface area contributed by atoms with Crippen molar-refractivity contribution < 1.29 is 36.4 Å². The Labute approximate surface area is 99.3 Å². The summed E-state index contributed by atoms with van der Waals surface area (Å²) in [6, 6.07) is 0. The van der Waals surface area contributed by atoms with E-state index in [1.807, 2.05) is 0 Å². The molecule has 0 rings (SSSR count). The molecule has 0 bridgehead atoms. The van der Waals surface area contributed by atoms with E-state index in [-0.39, 0.29) is 13.2 Å². The second-order valence-corrected chi connectivity index (χ2v) is 8.64. The fourth-order valence-electron chi connectivity index (χ4n) is 0.923. The molecule has 0 saturated carbocycles. The van der Waals surface area contributed by atoms with Crippen molar-refractivity contribution in [2.45, 2.75) is 13.8 Å². The summed E-state index contributed by atoms with van der Waals surface area (Å²) in [5.41, 5.74) is -1.15. The Kier molecular flexibility index (Phi) is 6.48. The van der Waals surface area contributed by atoms with Crippen molar-refractivity contribution in [1.82, 2.24) is 4.49 Å². The van der Waals surface area contributed by atoms with Gasteiger partial charge >= 0.3 is 15.3 Å². The smallest absolute Gasteiger partial charge is 0.312 e. The fourth-order valence-corrected chi connectivity index (χ4v) is 6.25. The van der Waals surface area contributed by atoms with Crippen molar-refractivity contribution >= 4 is 25.4 Å². The van der Waals surface area contributed by atoms with Gasteiger partial charge in [-0.25, -0.2) is 13.0 Å². The zero-order chi connectivity index (χ0) is 13.7. The zero-order valence-electron chi connectivity index (χ0n) is 9.27. The first-order valence-electron chi connectivity index (χ1n) is 4.49. The Balaban J connectivity index is 4.89. The zero-order valence-corrected chi connectivity index (χ0v) is 11.9. The van der Waals surface area contributed by atoms with E-state index in [9.17, 15) is 17.5 Å². The van der Waals surface area contributed by atoms with E-state index in [0.29, 0.717) is 0 Å². The maximum absolute atomic E-state index is 11.8. The molecule has 104 valence electrons. The van der Waals surface area contributed by atoms with E-state index >= 15 is 0 Å². The van der Waals surface area contributed by atoms with Crippen molar-refractivity contribution in [3.8, 4) is 0 Å². The quantitative estimate of drug-likeness (QED) is 0.541. The third kappa shape index (κ3) is 8.01. The number of nitrogens with one attached hydrogen (secondary N) is 1. The molecule has 0 aliphatic carbocycles. The van der Waals surface area contributed by atoms with Gasteiger partial charge in [0.2, 0.25) is 10.0 Å². The second-order valence-electron chi connectivity index (χ2n) is 2.83. The average Bonchev–Trinajstić information content (AvgIpc) is 1.96. The molecule has 0 aromatic carbocycles. The molecule has 9 nitrogen and oxygen atoms in total. The minimum Gasteiger partial charge on any atom is -0.312 e. The molecule has 12 heteroatoms. The third-order valence-electron chi connectivity index (χ3n) is 1.24. The molecule has 0 aromatic heterocycles. The van der Waals surface area contributed by atoms with E-state index in [1.165, 1.54) is 13.8 Å². The number of rotatable bonds is 8. The van der Waals surface area contributed by atoms with Crippen LogP contribution < -0.4 is 4.49 Å². The highest BCUT2D eigenvalue weighted by Gasteiger charge is 2.34. The Morgan fingerprint density at radius 2 is 1.53 bits per heavy atom. The standard InChI is InChI=1S/C5H15NO8P2S/c1-3-13-15(7,14-4-2)5-17(11,12)6-16(8,9)10/h3-5H2,1-2H3,(H3,6,8,9,10). The molecule has 0 heterocycles. The normalized spacial score (nSPS) is 13.9. The van der Waals surface area contributed by atoms with Crippen molar-refractivity contribution in [2.75, 3.05) is 18.7 Å². The van der Waals surface area contributed by atoms with Crippen molar-refractivity contribution in [1.29, 1.82) is 0 Å². The lowest BCUT2D eigenvalue weighted by molar-refractivity contribution is 0.224. The van der Waals surface area contributed by atoms with Crippen LogP contribution in [0.15, 0.2) is 0 Å². The van der Waals surface area contributed by atoms with Crippen molar-refractivity contribution in [3.05, 3.63) is 0 Å². The van der Waals surface area contributed by atoms with E-state index in [2.05, 4.69) is 9.05 Å². The topological polar surface area (TPSA) is 139 Å². The highest BCUT2D eigenvalue weighted by atomic mass is 32.2. The lowest BCUT2D eigenvalue weighted by Gasteiger charge is -2.17. The Hall–Kier alpha value is 0.210. The minimum absolute atomic E-state index is 0.0529. The van der Waals surface area contributed by atoms with Gasteiger partial charge in [-0.2, -0.15) is 0 Å². The number of sulfonamides is 1. The fraction of sp³-hybridized carbons (Fsp3) is 1.00. The maximum atomic E-state index is 11.8. The highest BCUT2D eigenvalue weighted by Crippen LogP contribution is 2.49. The highest BCUT2D eigenvalue weighted by molar-refractivity contribution is 7.99. The molecule has 0 fully saturated rings. The molecule has 0 atom stereocenters. The van der Waals surface area contributed by atoms with Crippen LogP contribution in [0.4, 0.5) is 0 Å². The first-order chi connectivity index (χ1) is 7.54. The lowest BCUT2D eigenvalue weighted by atomic mass is 10.9. The van der Waals surface area contributed by atoms with Gasteiger partial charge in [0, 0.05) is 0 Å². The van der Waals surface area contributed by atoms with Crippen LogP contribution in [-0.4, -0.2) is 36.9 Å². The average molecular weight is 311 g/mol. The van der Waals surface area contributed by atoms with E-state index in [4.69, 9.17) is 9.79 Å². The predicted molar refractivity (Wildman–Crippen MR) is 59.8 cm³/mol. The van der Waals surface area contributed by atoms with Gasteiger partial charge in [-0.3, -0.25) is 4.57 Å². The van der Waals surface area contributed by atoms with Crippen LogP contribution in [0.5, 0.6) is 0 Å². The van der Waals surface area contributed by atoms with Gasteiger partial charge in [-0.15, -0.1) is 4.49 Å². The molecule has 3 N–H and O–H groups in total. The van der Waals surface area contributed by atoms with Crippen LogP contribution in [0.25, 0.3) is 0 Å². The Bertz CT molecular complexity index is 417. The first-order valence-corrected chi connectivity index (χ1v) is 9.48. The molecule has 0 spiro atoms. The molecule has 0 aromatic rings. The van der Waals surface area contributed by atoms with Crippen LogP contribution in [0.3, 0.4) is 0 Å². The van der Waals surface area contributed by atoms with Gasteiger partial charge in [0.05, 0.1) is 13.2 Å². The van der Waals surface area contributed by atoms with Gasteiger partial charge in [-0.05, 0) is 13.8 Å². The van der Waals surface area contributed by atoms with Crippen LogP contribution in [-0.2, 0) is 28.2 Å². The summed E-state index contributed by atoms with van der Waals surface area (Å²) in [7, 11) is -13.4.